The van der Waals surface area contributed by atoms with Crippen LogP contribution in [0, 0.1) is 19.8 Å². The Morgan fingerprint density at radius 1 is 1.23 bits per heavy atom. The number of imidazole rings is 2. The second-order valence-electron chi connectivity index (χ2n) is 7.73. The van der Waals surface area contributed by atoms with Crippen LogP contribution < -0.4 is 0 Å². The summed E-state index contributed by atoms with van der Waals surface area (Å²) in [5, 5.41) is 0. The van der Waals surface area contributed by atoms with Gasteiger partial charge in [-0.3, -0.25) is 9.69 Å². The van der Waals surface area contributed by atoms with Gasteiger partial charge in [0.1, 0.15) is 5.82 Å². The molecule has 1 amide bonds. The minimum Gasteiger partial charge on any atom is -0.348 e. The van der Waals surface area contributed by atoms with E-state index in [1.165, 1.54) is 6.42 Å². The monoisotopic (exact) mass is 356 g/mol. The first-order valence-electron chi connectivity index (χ1n) is 9.58. The molecule has 2 bridgehead atoms. The van der Waals surface area contributed by atoms with Crippen molar-refractivity contribution in [1.82, 2.24) is 29.3 Å². The molecule has 2 aromatic rings. The van der Waals surface area contributed by atoms with Crippen LogP contribution in [0.1, 0.15) is 36.5 Å². The Balaban J connectivity index is 1.39. The van der Waals surface area contributed by atoms with Crippen LogP contribution in [0.15, 0.2) is 18.7 Å². The van der Waals surface area contributed by atoms with Gasteiger partial charge in [0, 0.05) is 63.3 Å². The number of H-pyrrole nitrogens is 1. The van der Waals surface area contributed by atoms with Gasteiger partial charge in [-0.15, -0.1) is 0 Å². The third-order valence-corrected chi connectivity index (χ3v) is 5.91. The molecule has 3 fully saturated rings. The van der Waals surface area contributed by atoms with E-state index >= 15 is 0 Å². The number of nitrogens with one attached hydrogen (secondary N) is 1. The fraction of sp³-hybridized carbons (Fsp3) is 0.632. The van der Waals surface area contributed by atoms with Gasteiger partial charge in [0.15, 0.2) is 0 Å². The number of carbonyl (C=O) groups is 1. The summed E-state index contributed by atoms with van der Waals surface area (Å²) < 4.78 is 2.06. The lowest BCUT2D eigenvalue weighted by molar-refractivity contribution is -0.135. The molecular weight excluding hydrogens is 328 g/mol. The largest absolute Gasteiger partial charge is 0.348 e. The van der Waals surface area contributed by atoms with Gasteiger partial charge in [0.05, 0.1) is 12.0 Å². The zero-order valence-corrected chi connectivity index (χ0v) is 15.7. The molecule has 26 heavy (non-hydrogen) atoms. The Kier molecular flexibility index (Phi) is 4.80. The topological polar surface area (TPSA) is 70.1 Å². The normalized spacial score (nSPS) is 23.4. The summed E-state index contributed by atoms with van der Waals surface area (Å²) >= 11 is 0. The smallest absolute Gasteiger partial charge is 0.224 e. The number of carbonyl (C=O) groups excluding carboxylic acids is 1. The number of aryl methyl sites for hydroxylation is 3. The molecule has 0 unspecified atom stereocenters. The van der Waals surface area contributed by atoms with Gasteiger partial charge in [0.2, 0.25) is 5.91 Å². The quantitative estimate of drug-likeness (QED) is 0.886. The van der Waals surface area contributed by atoms with Crippen LogP contribution in [0.3, 0.4) is 0 Å². The molecule has 7 heteroatoms. The fourth-order valence-corrected chi connectivity index (χ4v) is 4.37. The maximum absolute atomic E-state index is 12.9. The van der Waals surface area contributed by atoms with Crippen molar-refractivity contribution in [3.8, 4) is 0 Å². The number of piperidine rings is 1. The van der Waals surface area contributed by atoms with Crippen molar-refractivity contribution in [2.24, 2.45) is 5.92 Å². The predicted octanol–water partition coefficient (Wildman–Crippen LogP) is 1.74. The number of hydrogen-bond donors (Lipinski definition) is 1. The van der Waals surface area contributed by atoms with Crippen molar-refractivity contribution >= 4 is 5.91 Å². The van der Waals surface area contributed by atoms with Gasteiger partial charge in [-0.25, -0.2) is 9.97 Å². The van der Waals surface area contributed by atoms with Crippen molar-refractivity contribution < 1.29 is 4.79 Å². The summed E-state index contributed by atoms with van der Waals surface area (Å²) in [5.41, 5.74) is 2.27. The molecule has 5 rings (SSSR count). The molecule has 1 N–H and O–H groups in total. The van der Waals surface area contributed by atoms with Crippen LogP contribution in [0.25, 0.3) is 0 Å². The summed E-state index contributed by atoms with van der Waals surface area (Å²) in [6.45, 7) is 8.57. The highest BCUT2D eigenvalue weighted by molar-refractivity contribution is 5.76. The molecule has 0 spiro atoms. The van der Waals surface area contributed by atoms with Crippen molar-refractivity contribution in [2.45, 2.75) is 52.2 Å². The summed E-state index contributed by atoms with van der Waals surface area (Å²) in [5.74, 6) is 1.83. The van der Waals surface area contributed by atoms with Crippen LogP contribution in [0.2, 0.25) is 0 Å². The van der Waals surface area contributed by atoms with Crippen molar-refractivity contribution in [2.75, 3.05) is 19.6 Å². The Morgan fingerprint density at radius 2 is 2.12 bits per heavy atom. The van der Waals surface area contributed by atoms with E-state index in [2.05, 4.69) is 36.2 Å². The zero-order chi connectivity index (χ0) is 18.1. The molecule has 3 aliphatic heterocycles. The number of rotatable bonds is 5. The van der Waals surface area contributed by atoms with Crippen LogP contribution in [0.4, 0.5) is 0 Å². The molecule has 0 radical (unpaired) electrons. The van der Waals surface area contributed by atoms with Crippen molar-refractivity contribution in [3.05, 3.63) is 35.9 Å². The molecule has 140 valence electrons. The highest BCUT2D eigenvalue weighted by Crippen LogP contribution is 2.29. The Hall–Kier alpha value is -2.15. The van der Waals surface area contributed by atoms with E-state index in [0.29, 0.717) is 24.9 Å². The fourth-order valence-electron chi connectivity index (χ4n) is 4.37. The first-order chi connectivity index (χ1) is 12.6. The van der Waals surface area contributed by atoms with Crippen LogP contribution in [-0.2, 0) is 17.9 Å². The molecular formula is C19H28N6O. The number of aromatic nitrogens is 4. The Morgan fingerprint density at radius 3 is 2.85 bits per heavy atom. The number of amides is 1. The SMILES string of the molecule is Cc1[nH]cnc1CN1C[C@@H]2CC[C@H](C1)N(C(=O)CCn1ccnc1C)C2. The number of aromatic amines is 1. The third kappa shape index (κ3) is 3.53. The van der Waals surface area contributed by atoms with Gasteiger partial charge < -0.3 is 14.5 Å². The maximum Gasteiger partial charge on any atom is 0.224 e. The Bertz CT molecular complexity index is 766. The van der Waals surface area contributed by atoms with E-state index in [9.17, 15) is 4.79 Å². The molecule has 3 aliphatic rings. The van der Waals surface area contributed by atoms with Crippen molar-refractivity contribution in [3.63, 3.8) is 0 Å². The average molecular weight is 356 g/mol. The summed E-state index contributed by atoms with van der Waals surface area (Å²) in [6, 6.07) is 0.337. The van der Waals surface area contributed by atoms with Gasteiger partial charge in [-0.05, 0) is 32.6 Å². The molecule has 2 aromatic heterocycles. The van der Waals surface area contributed by atoms with E-state index in [4.69, 9.17) is 0 Å². The van der Waals surface area contributed by atoms with Gasteiger partial charge in [0.25, 0.3) is 0 Å². The number of nitrogens with zero attached hydrogens (tertiary/aromatic N) is 5. The lowest BCUT2D eigenvalue weighted by Crippen LogP contribution is -2.47. The first-order valence-corrected chi connectivity index (χ1v) is 9.58. The van der Waals surface area contributed by atoms with Crippen LogP contribution >= 0.6 is 0 Å². The molecule has 5 heterocycles. The lowest BCUT2D eigenvalue weighted by atomic mass is 9.94. The minimum absolute atomic E-state index is 0.283. The molecule has 0 saturated carbocycles. The second-order valence-corrected chi connectivity index (χ2v) is 7.73. The van der Waals surface area contributed by atoms with E-state index in [0.717, 1.165) is 49.8 Å². The summed E-state index contributed by atoms with van der Waals surface area (Å²) in [7, 11) is 0. The molecule has 2 atom stereocenters. The van der Waals surface area contributed by atoms with E-state index in [-0.39, 0.29) is 5.91 Å². The van der Waals surface area contributed by atoms with Gasteiger partial charge in [-0.1, -0.05) is 0 Å². The highest BCUT2D eigenvalue weighted by Gasteiger charge is 2.37. The highest BCUT2D eigenvalue weighted by atomic mass is 16.2. The van der Waals surface area contributed by atoms with Gasteiger partial charge >= 0.3 is 0 Å². The predicted molar refractivity (Wildman–Crippen MR) is 98.4 cm³/mol. The summed E-state index contributed by atoms with van der Waals surface area (Å²) in [4.78, 5) is 29.4. The molecule has 0 aliphatic carbocycles. The summed E-state index contributed by atoms with van der Waals surface area (Å²) in [6.07, 6.45) is 8.42. The maximum atomic E-state index is 12.9. The standard InChI is InChI=1S/C19H28N6O/c1-14-18(22-13-21-14)12-23-9-16-3-4-17(11-23)25(10-16)19(26)5-7-24-8-6-20-15(24)2/h6,8,13,16-17H,3-5,7,9-12H2,1-2H3,(H,21,22)/t16-,17+/m0/s1. The number of fused-ring (bicyclic) bond motifs is 4. The van der Waals surface area contributed by atoms with E-state index in [1.807, 2.05) is 13.1 Å². The second kappa shape index (κ2) is 7.23. The van der Waals surface area contributed by atoms with E-state index < -0.39 is 0 Å². The molecule has 3 saturated heterocycles. The number of hydrogen-bond acceptors (Lipinski definition) is 4. The Labute approximate surface area is 154 Å². The minimum atomic E-state index is 0.283. The lowest BCUT2D eigenvalue weighted by Gasteiger charge is -2.36. The first kappa shape index (κ1) is 17.3. The van der Waals surface area contributed by atoms with Crippen molar-refractivity contribution in [1.29, 1.82) is 0 Å². The molecule has 0 aromatic carbocycles. The molecule has 7 nitrogen and oxygen atoms in total. The van der Waals surface area contributed by atoms with E-state index in [1.54, 1.807) is 12.5 Å². The third-order valence-electron chi connectivity index (χ3n) is 5.91. The average Bonchev–Trinajstić information content (AvgIpc) is 3.10. The zero-order valence-electron chi connectivity index (χ0n) is 15.7. The van der Waals surface area contributed by atoms with Crippen LogP contribution in [0.5, 0.6) is 0 Å². The van der Waals surface area contributed by atoms with Gasteiger partial charge in [-0.2, -0.15) is 0 Å². The van der Waals surface area contributed by atoms with Crippen LogP contribution in [-0.4, -0.2) is 60.9 Å².